The van der Waals surface area contributed by atoms with Crippen molar-refractivity contribution < 1.29 is 19.1 Å². The van der Waals surface area contributed by atoms with E-state index in [2.05, 4.69) is 5.43 Å². The molecule has 0 bridgehead atoms. The molecule has 1 atom stereocenters. The Morgan fingerprint density at radius 1 is 0.645 bits per heavy atom. The van der Waals surface area contributed by atoms with E-state index in [0.29, 0.717) is 48.4 Å². The summed E-state index contributed by atoms with van der Waals surface area (Å²) < 4.78 is 9.16. The Morgan fingerprint density at radius 3 is 1.65 bits per heavy atom. The molecule has 2 aromatic heterocycles. The van der Waals surface area contributed by atoms with Gasteiger partial charge < -0.3 is 13.9 Å². The van der Waals surface area contributed by atoms with Crippen molar-refractivity contribution in [3.05, 3.63) is 141 Å². The van der Waals surface area contributed by atoms with Gasteiger partial charge in [0, 0.05) is 36.0 Å². The van der Waals surface area contributed by atoms with Crippen molar-refractivity contribution in [2.45, 2.75) is 104 Å². The normalized spacial score (nSPS) is 16.4. The first kappa shape index (κ1) is 42.0. The minimum absolute atomic E-state index is 0.00837. The van der Waals surface area contributed by atoms with E-state index in [1.54, 1.807) is 21.3 Å². The minimum Gasteiger partial charge on any atom is -0.442 e. The molecule has 0 radical (unpaired) electrons. The molecule has 1 N–H and O–H groups in total. The van der Waals surface area contributed by atoms with Crippen molar-refractivity contribution in [1.82, 2.24) is 9.13 Å². The molecule has 1 aliphatic heterocycles. The number of rotatable bonds is 10. The zero-order valence-electron chi connectivity index (χ0n) is 36.3. The second-order valence-electron chi connectivity index (χ2n) is 17.2. The van der Waals surface area contributed by atoms with Crippen molar-refractivity contribution >= 4 is 62.5 Å². The monoisotopic (exact) mass is 834 g/mol. The SMILES string of the molecule is CCC1C(=O)N(c2ccccc2)N(c2ccc3c(c2)c(C2CC2)cc(=O)n3CC)C1=O.CCn1c(=O)cc(C2CC2)c2cc(NN(C(=O)OC(C)(C)C)c3ccccc3)ccc21. The van der Waals surface area contributed by atoms with Crippen LogP contribution in [0.15, 0.2) is 119 Å². The highest BCUT2D eigenvalue weighted by Crippen LogP contribution is 2.45. The summed E-state index contributed by atoms with van der Waals surface area (Å²) in [7, 11) is 0. The van der Waals surface area contributed by atoms with Gasteiger partial charge in [-0.3, -0.25) is 24.6 Å². The van der Waals surface area contributed by atoms with Crippen LogP contribution in [0.2, 0.25) is 0 Å². The molecule has 2 saturated carbocycles. The lowest BCUT2D eigenvalue weighted by molar-refractivity contribution is -0.127. The van der Waals surface area contributed by atoms with E-state index >= 15 is 0 Å². The van der Waals surface area contributed by atoms with Crippen LogP contribution in [-0.4, -0.2) is 32.6 Å². The Balaban J connectivity index is 0.000000171. The number of aryl methyl sites for hydroxylation is 2. The first-order valence-corrected chi connectivity index (χ1v) is 21.7. The van der Waals surface area contributed by atoms with Gasteiger partial charge in [0.15, 0.2) is 0 Å². The number of amides is 3. The smallest absolute Gasteiger partial charge is 0.433 e. The maximum atomic E-state index is 13.3. The zero-order valence-corrected chi connectivity index (χ0v) is 36.3. The van der Waals surface area contributed by atoms with E-state index in [-0.39, 0.29) is 22.9 Å². The van der Waals surface area contributed by atoms with Crippen LogP contribution in [0.4, 0.5) is 27.5 Å². The van der Waals surface area contributed by atoms with E-state index in [1.807, 2.05) is 139 Å². The fourth-order valence-corrected chi connectivity index (χ4v) is 8.36. The van der Waals surface area contributed by atoms with Gasteiger partial charge in [-0.15, -0.1) is 0 Å². The van der Waals surface area contributed by atoms with Crippen LogP contribution >= 0.6 is 0 Å². The van der Waals surface area contributed by atoms with Crippen LogP contribution in [0.1, 0.15) is 96.6 Å². The number of ether oxygens (including phenoxy) is 1. The van der Waals surface area contributed by atoms with Gasteiger partial charge in [0.2, 0.25) is 0 Å². The molecule has 3 aliphatic rings. The topological polar surface area (TPSA) is 126 Å². The van der Waals surface area contributed by atoms with Crippen LogP contribution in [-0.2, 0) is 27.4 Å². The Morgan fingerprint density at radius 2 is 1.15 bits per heavy atom. The van der Waals surface area contributed by atoms with E-state index in [0.717, 1.165) is 64.3 Å². The van der Waals surface area contributed by atoms with Crippen LogP contribution in [0, 0.1) is 5.92 Å². The van der Waals surface area contributed by atoms with Gasteiger partial charge in [-0.1, -0.05) is 43.3 Å². The molecule has 3 amide bonds. The van der Waals surface area contributed by atoms with Crippen LogP contribution in [0.25, 0.3) is 21.8 Å². The molecule has 1 unspecified atom stereocenters. The highest BCUT2D eigenvalue weighted by atomic mass is 16.6. The van der Waals surface area contributed by atoms with E-state index in [9.17, 15) is 24.0 Å². The predicted molar refractivity (Wildman–Crippen MR) is 246 cm³/mol. The van der Waals surface area contributed by atoms with E-state index in [1.165, 1.54) is 15.0 Å². The standard InChI is InChI=1S/C25H25N3O3.C25H29N3O3/c1-3-19-24(30)27(17-8-6-5-7-9-17)28(25(19)31)18-12-13-22-21(14-18)20(16-10-11-16)15-23(29)26(22)4-2;1-5-27-22-14-13-18(15-21(22)20(16-23(27)29)17-11-12-17)26-28(19-9-7-6-8-10-19)24(30)31-25(2,3)4/h5-9,12-16,19H,3-4,10-11H2,1-2H3;6-10,13-17,26H,5,11-12H2,1-4H3. The average molecular weight is 835 g/mol. The van der Waals surface area contributed by atoms with Gasteiger partial charge in [0.1, 0.15) is 11.5 Å². The summed E-state index contributed by atoms with van der Waals surface area (Å²) in [6.45, 7) is 12.5. The number of para-hydroxylation sites is 2. The molecule has 12 heteroatoms. The summed E-state index contributed by atoms with van der Waals surface area (Å²) in [5.74, 6) is -0.287. The number of nitrogens with one attached hydrogen (secondary N) is 1. The van der Waals surface area contributed by atoms with Gasteiger partial charge >= 0.3 is 6.09 Å². The third-order valence-electron chi connectivity index (χ3n) is 11.6. The first-order chi connectivity index (χ1) is 29.8. The number of aromatic nitrogens is 2. The van der Waals surface area contributed by atoms with Crippen molar-refractivity contribution in [2.24, 2.45) is 5.92 Å². The fourth-order valence-electron chi connectivity index (χ4n) is 8.36. The van der Waals surface area contributed by atoms with Gasteiger partial charge in [0.25, 0.3) is 22.9 Å². The number of carbonyl (C=O) groups is 3. The molecule has 320 valence electrons. The molecular formula is C50H54N6O6. The van der Waals surface area contributed by atoms with Crippen molar-refractivity contribution in [2.75, 3.05) is 20.5 Å². The number of pyridine rings is 2. The molecule has 9 rings (SSSR count). The number of nitrogens with zero attached hydrogens (tertiary/aromatic N) is 5. The fraction of sp³-hybridized carbons (Fsp3) is 0.340. The van der Waals surface area contributed by atoms with Gasteiger partial charge in [-0.2, -0.15) is 5.01 Å². The van der Waals surface area contributed by atoms with Crippen molar-refractivity contribution in [1.29, 1.82) is 0 Å². The van der Waals surface area contributed by atoms with E-state index in [4.69, 9.17) is 4.74 Å². The highest BCUT2D eigenvalue weighted by molar-refractivity contribution is 6.23. The summed E-state index contributed by atoms with van der Waals surface area (Å²) in [6, 6.07) is 33.7. The van der Waals surface area contributed by atoms with Crippen LogP contribution in [0.3, 0.4) is 0 Å². The summed E-state index contributed by atoms with van der Waals surface area (Å²) in [6.07, 6.45) is 4.33. The van der Waals surface area contributed by atoms with Crippen LogP contribution in [0.5, 0.6) is 0 Å². The lowest BCUT2D eigenvalue weighted by atomic mass is 10.0. The number of hydrazine groups is 2. The molecule has 62 heavy (non-hydrogen) atoms. The maximum absolute atomic E-state index is 13.3. The largest absolute Gasteiger partial charge is 0.442 e. The Hall–Kier alpha value is -6.69. The maximum Gasteiger partial charge on any atom is 0.433 e. The lowest BCUT2D eigenvalue weighted by Crippen LogP contribution is -2.41. The first-order valence-electron chi connectivity index (χ1n) is 21.7. The molecule has 3 fully saturated rings. The molecule has 0 spiro atoms. The third kappa shape index (κ3) is 8.33. The quantitative estimate of drug-likeness (QED) is 0.108. The van der Waals surface area contributed by atoms with Gasteiger partial charge in [-0.05, 0) is 150 Å². The molecular weight excluding hydrogens is 781 g/mol. The lowest BCUT2D eigenvalue weighted by Gasteiger charge is -2.28. The Kier molecular flexibility index (Phi) is 11.5. The zero-order chi connectivity index (χ0) is 43.9. The van der Waals surface area contributed by atoms with E-state index < -0.39 is 17.6 Å². The molecule has 3 heterocycles. The van der Waals surface area contributed by atoms with Crippen molar-refractivity contribution in [3.8, 4) is 0 Å². The number of hydrogen-bond donors (Lipinski definition) is 1. The predicted octanol–water partition coefficient (Wildman–Crippen LogP) is 9.89. The second-order valence-corrected chi connectivity index (χ2v) is 17.2. The number of fused-ring (bicyclic) bond motifs is 2. The average Bonchev–Trinajstić information content (AvgIpc) is 4.20. The minimum atomic E-state index is -0.691. The number of benzene rings is 4. The van der Waals surface area contributed by atoms with Gasteiger partial charge in [-0.25, -0.2) is 14.8 Å². The summed E-state index contributed by atoms with van der Waals surface area (Å²) in [5.41, 5.74) is 9.33. The summed E-state index contributed by atoms with van der Waals surface area (Å²) in [4.78, 5) is 64.6. The van der Waals surface area contributed by atoms with Gasteiger partial charge in [0.05, 0.1) is 33.8 Å². The molecule has 2 aliphatic carbocycles. The molecule has 6 aromatic rings. The molecule has 4 aromatic carbocycles. The summed E-state index contributed by atoms with van der Waals surface area (Å²) in [5, 5.41) is 6.44. The molecule has 1 saturated heterocycles. The number of hydrogen-bond acceptors (Lipinski definition) is 7. The Labute approximate surface area is 361 Å². The summed E-state index contributed by atoms with van der Waals surface area (Å²) >= 11 is 0. The van der Waals surface area contributed by atoms with Crippen LogP contribution < -0.4 is 31.6 Å². The third-order valence-corrected chi connectivity index (χ3v) is 11.6. The molecule has 12 nitrogen and oxygen atoms in total. The number of carbonyl (C=O) groups excluding carboxylic acids is 3. The Bertz CT molecular complexity index is 2790. The number of anilines is 4. The van der Waals surface area contributed by atoms with Crippen molar-refractivity contribution in [3.63, 3.8) is 0 Å². The highest BCUT2D eigenvalue weighted by Gasteiger charge is 2.46. The second kappa shape index (κ2) is 17.0.